The van der Waals surface area contributed by atoms with E-state index in [0.29, 0.717) is 6.42 Å². The summed E-state index contributed by atoms with van der Waals surface area (Å²) >= 11 is 0. The molecule has 0 radical (unpaired) electrons. The number of aromatic nitrogens is 2. The van der Waals surface area contributed by atoms with E-state index < -0.39 is 44.5 Å². The second-order valence-electron chi connectivity index (χ2n) is 5.70. The Morgan fingerprint density at radius 1 is 1.15 bits per heavy atom. The van der Waals surface area contributed by atoms with Gasteiger partial charge in [0, 0.05) is 13.1 Å². The van der Waals surface area contributed by atoms with E-state index in [-0.39, 0.29) is 25.4 Å². The first-order chi connectivity index (χ1) is 12.1. The summed E-state index contributed by atoms with van der Waals surface area (Å²) in [5, 5.41) is 6.23. The highest BCUT2D eigenvalue weighted by atomic mass is 32.2. The largest absolute Gasteiger partial charge is 0.470 e. The minimum absolute atomic E-state index is 0.0348. The van der Waals surface area contributed by atoms with Crippen molar-refractivity contribution in [2.24, 2.45) is 0 Å². The van der Waals surface area contributed by atoms with Crippen LogP contribution in [0.25, 0.3) is 0 Å². The van der Waals surface area contributed by atoms with Crippen LogP contribution in [-0.2, 0) is 16.2 Å². The van der Waals surface area contributed by atoms with Gasteiger partial charge in [-0.15, -0.1) is 10.2 Å². The summed E-state index contributed by atoms with van der Waals surface area (Å²) in [4.78, 5) is -1.10. The van der Waals surface area contributed by atoms with Gasteiger partial charge in [0.25, 0.3) is 0 Å². The van der Waals surface area contributed by atoms with Crippen molar-refractivity contribution >= 4 is 10.0 Å². The average Bonchev–Trinajstić information content (AvgIpc) is 3.05. The van der Waals surface area contributed by atoms with Crippen molar-refractivity contribution in [1.29, 1.82) is 0 Å². The number of rotatable bonds is 3. The van der Waals surface area contributed by atoms with Gasteiger partial charge in [-0.3, -0.25) is 0 Å². The number of halogens is 5. The predicted molar refractivity (Wildman–Crippen MR) is 76.4 cm³/mol. The summed E-state index contributed by atoms with van der Waals surface area (Å²) in [6, 6.07) is 2.65. The van der Waals surface area contributed by atoms with Gasteiger partial charge in [-0.25, -0.2) is 17.2 Å². The van der Waals surface area contributed by atoms with Gasteiger partial charge in [0.05, 0.1) is 5.92 Å². The molecule has 0 N–H and O–H groups in total. The van der Waals surface area contributed by atoms with Crippen LogP contribution in [0.3, 0.4) is 0 Å². The number of sulfonamides is 1. The van der Waals surface area contributed by atoms with E-state index in [1.807, 2.05) is 0 Å². The molecule has 142 valence electrons. The van der Waals surface area contributed by atoms with Crippen LogP contribution in [0.1, 0.15) is 30.5 Å². The van der Waals surface area contributed by atoms with Crippen molar-refractivity contribution in [2.45, 2.75) is 29.8 Å². The lowest BCUT2D eigenvalue weighted by molar-refractivity contribution is -0.157. The fourth-order valence-corrected chi connectivity index (χ4v) is 4.37. The number of hydrogen-bond donors (Lipinski definition) is 0. The molecule has 3 rings (SSSR count). The third-order valence-corrected chi connectivity index (χ3v) is 5.85. The molecule has 0 saturated carbocycles. The van der Waals surface area contributed by atoms with Gasteiger partial charge < -0.3 is 4.42 Å². The van der Waals surface area contributed by atoms with Gasteiger partial charge in [-0.1, -0.05) is 6.07 Å². The van der Waals surface area contributed by atoms with Crippen LogP contribution in [0, 0.1) is 11.6 Å². The van der Waals surface area contributed by atoms with E-state index in [9.17, 15) is 30.4 Å². The van der Waals surface area contributed by atoms with Crippen molar-refractivity contribution < 1.29 is 34.8 Å². The van der Waals surface area contributed by atoms with Crippen LogP contribution in [0.15, 0.2) is 27.5 Å². The molecule has 1 aromatic carbocycles. The molecule has 2 aromatic rings. The molecule has 1 fully saturated rings. The summed E-state index contributed by atoms with van der Waals surface area (Å²) in [6.45, 7) is -0.359. The van der Waals surface area contributed by atoms with Crippen LogP contribution >= 0.6 is 0 Å². The average molecular weight is 397 g/mol. The Balaban J connectivity index is 1.88. The molecule has 0 bridgehead atoms. The van der Waals surface area contributed by atoms with Crippen LogP contribution < -0.4 is 0 Å². The number of hydrogen-bond acceptors (Lipinski definition) is 5. The van der Waals surface area contributed by atoms with Crippen LogP contribution in [0.2, 0.25) is 0 Å². The molecule has 26 heavy (non-hydrogen) atoms. The smallest absolute Gasteiger partial charge is 0.417 e. The van der Waals surface area contributed by atoms with Crippen molar-refractivity contribution in [2.75, 3.05) is 13.1 Å². The van der Waals surface area contributed by atoms with E-state index in [0.717, 1.165) is 22.5 Å². The van der Waals surface area contributed by atoms with Gasteiger partial charge in [0.2, 0.25) is 15.9 Å². The summed E-state index contributed by atoms with van der Waals surface area (Å²) < 4.78 is 95.9. The molecule has 1 aliphatic heterocycles. The molecular weight excluding hydrogens is 385 g/mol. The maximum Gasteiger partial charge on any atom is 0.470 e. The van der Waals surface area contributed by atoms with E-state index in [4.69, 9.17) is 0 Å². The first-order valence-corrected chi connectivity index (χ1v) is 8.89. The number of nitrogens with zero attached hydrogens (tertiary/aromatic N) is 3. The summed E-state index contributed by atoms with van der Waals surface area (Å²) in [6.07, 6.45) is -4.27. The second-order valence-corrected chi connectivity index (χ2v) is 7.57. The standard InChI is InChI=1S/C14H12F5N3O3S/c15-9-4-1-5-10(16)11(9)26(23,24)22-6-2-3-8(7-22)12-20-21-13(25-12)14(17,18)19/h1,4-5,8H,2-3,6-7H2/t8-/m0/s1. The zero-order chi connectivity index (χ0) is 19.1. The fourth-order valence-electron chi connectivity index (χ4n) is 2.73. The predicted octanol–water partition coefficient (Wildman–Crippen LogP) is 2.93. The molecule has 0 unspecified atom stereocenters. The Hall–Kier alpha value is -2.08. The Kier molecular flexibility index (Phi) is 4.73. The molecular formula is C14H12F5N3O3S. The Bertz CT molecular complexity index is 893. The molecule has 1 aliphatic rings. The number of piperidine rings is 1. The summed E-state index contributed by atoms with van der Waals surface area (Å²) in [7, 11) is -4.51. The van der Waals surface area contributed by atoms with Crippen molar-refractivity contribution in [1.82, 2.24) is 14.5 Å². The van der Waals surface area contributed by atoms with E-state index >= 15 is 0 Å². The first-order valence-electron chi connectivity index (χ1n) is 7.45. The molecule has 6 nitrogen and oxygen atoms in total. The SMILES string of the molecule is O=S(=O)(c1c(F)cccc1F)N1CCC[C@H](c2nnc(C(F)(F)F)o2)C1. The van der Waals surface area contributed by atoms with Gasteiger partial charge in [-0.05, 0) is 25.0 Å². The van der Waals surface area contributed by atoms with Gasteiger partial charge in [-0.2, -0.15) is 17.5 Å². The zero-order valence-corrected chi connectivity index (χ0v) is 13.8. The van der Waals surface area contributed by atoms with Gasteiger partial charge in [0.15, 0.2) is 4.90 Å². The zero-order valence-electron chi connectivity index (χ0n) is 13.0. The molecule has 1 aromatic heterocycles. The Morgan fingerprint density at radius 2 is 1.81 bits per heavy atom. The topological polar surface area (TPSA) is 76.3 Å². The number of alkyl halides is 3. The maximum absolute atomic E-state index is 13.8. The molecule has 2 heterocycles. The lowest BCUT2D eigenvalue weighted by Crippen LogP contribution is -2.39. The fraction of sp³-hybridized carbons (Fsp3) is 0.429. The van der Waals surface area contributed by atoms with Gasteiger partial charge >= 0.3 is 12.1 Å². The summed E-state index contributed by atoms with van der Waals surface area (Å²) in [5.74, 6) is -5.20. The Morgan fingerprint density at radius 3 is 2.38 bits per heavy atom. The number of benzene rings is 1. The summed E-state index contributed by atoms with van der Waals surface area (Å²) in [5.41, 5.74) is 0. The van der Waals surface area contributed by atoms with Crippen LogP contribution in [0.4, 0.5) is 22.0 Å². The van der Waals surface area contributed by atoms with E-state index in [1.165, 1.54) is 0 Å². The lowest BCUT2D eigenvalue weighted by atomic mass is 10.00. The Labute approximate surface area is 144 Å². The van der Waals surface area contributed by atoms with Crippen molar-refractivity contribution in [3.05, 3.63) is 41.6 Å². The molecule has 0 amide bonds. The highest BCUT2D eigenvalue weighted by Crippen LogP contribution is 2.34. The normalized spacial score (nSPS) is 19.7. The van der Waals surface area contributed by atoms with E-state index in [2.05, 4.69) is 14.6 Å². The monoisotopic (exact) mass is 397 g/mol. The minimum Gasteiger partial charge on any atom is -0.417 e. The minimum atomic E-state index is -4.82. The van der Waals surface area contributed by atoms with Crippen molar-refractivity contribution in [3.8, 4) is 0 Å². The lowest BCUT2D eigenvalue weighted by Gasteiger charge is -2.30. The third kappa shape index (κ3) is 3.43. The maximum atomic E-state index is 13.8. The highest BCUT2D eigenvalue weighted by Gasteiger charge is 2.40. The van der Waals surface area contributed by atoms with E-state index in [1.54, 1.807) is 0 Å². The van der Waals surface area contributed by atoms with Crippen LogP contribution in [-0.4, -0.2) is 36.0 Å². The first kappa shape index (κ1) is 18.7. The third-order valence-electron chi connectivity index (χ3n) is 3.93. The van der Waals surface area contributed by atoms with Crippen LogP contribution in [0.5, 0.6) is 0 Å². The second kappa shape index (κ2) is 6.58. The molecule has 1 saturated heterocycles. The molecule has 0 spiro atoms. The van der Waals surface area contributed by atoms with Crippen molar-refractivity contribution in [3.63, 3.8) is 0 Å². The molecule has 0 aliphatic carbocycles. The molecule has 1 atom stereocenters. The quantitative estimate of drug-likeness (QED) is 0.745. The van der Waals surface area contributed by atoms with Gasteiger partial charge in [0.1, 0.15) is 11.6 Å². The molecule has 12 heteroatoms. The highest BCUT2D eigenvalue weighted by molar-refractivity contribution is 7.89.